The molecule has 5 heteroatoms. The maximum Gasteiger partial charge on any atom is 0.258 e. The second-order valence-electron chi connectivity index (χ2n) is 14.7. The molecule has 4 rings (SSSR count). The summed E-state index contributed by atoms with van der Waals surface area (Å²) in [5.41, 5.74) is 2.66. The summed E-state index contributed by atoms with van der Waals surface area (Å²) >= 11 is 0. The summed E-state index contributed by atoms with van der Waals surface area (Å²) in [4.78, 5) is 27.0. The number of nitrogens with one attached hydrogen (secondary N) is 2. The molecule has 4 aliphatic rings. The van der Waals surface area contributed by atoms with Crippen molar-refractivity contribution in [1.82, 2.24) is 10.6 Å². The van der Waals surface area contributed by atoms with Crippen LogP contribution < -0.4 is 10.6 Å². The van der Waals surface area contributed by atoms with Crippen molar-refractivity contribution < 1.29 is 14.7 Å². The summed E-state index contributed by atoms with van der Waals surface area (Å²) in [7, 11) is 0. The Balaban J connectivity index is 1.52. The van der Waals surface area contributed by atoms with Gasteiger partial charge in [0, 0.05) is 23.9 Å². The average molecular weight is 527 g/mol. The monoisotopic (exact) mass is 526 g/mol. The molecular weight excluding hydrogens is 472 g/mol. The van der Waals surface area contributed by atoms with E-state index in [0.717, 1.165) is 64.2 Å². The minimum Gasteiger partial charge on any atom is -0.375 e. The van der Waals surface area contributed by atoms with E-state index in [0.29, 0.717) is 23.7 Å². The van der Waals surface area contributed by atoms with Gasteiger partial charge in [-0.1, -0.05) is 65.8 Å². The van der Waals surface area contributed by atoms with Gasteiger partial charge in [-0.25, -0.2) is 0 Å². The normalized spacial score (nSPS) is 40.3. The molecule has 38 heavy (non-hydrogen) atoms. The van der Waals surface area contributed by atoms with Gasteiger partial charge < -0.3 is 15.7 Å². The highest BCUT2D eigenvalue weighted by molar-refractivity contribution is 6.03. The van der Waals surface area contributed by atoms with Crippen LogP contribution in [0.25, 0.3) is 0 Å². The molecule has 0 radical (unpaired) electrons. The maximum absolute atomic E-state index is 13.5. The highest BCUT2D eigenvalue weighted by Crippen LogP contribution is 2.55. The van der Waals surface area contributed by atoms with Gasteiger partial charge >= 0.3 is 0 Å². The van der Waals surface area contributed by atoms with E-state index < -0.39 is 17.9 Å². The number of carbonyl (C=O) groups is 2. The van der Waals surface area contributed by atoms with Crippen LogP contribution in [-0.4, -0.2) is 35.1 Å². The lowest BCUT2D eigenvalue weighted by atomic mass is 9.53. The largest absolute Gasteiger partial charge is 0.375 e. The molecule has 0 saturated heterocycles. The predicted molar refractivity (Wildman–Crippen MR) is 154 cm³/mol. The van der Waals surface area contributed by atoms with E-state index in [4.69, 9.17) is 0 Å². The smallest absolute Gasteiger partial charge is 0.258 e. The summed E-state index contributed by atoms with van der Waals surface area (Å²) in [6, 6.07) is -0.202. The lowest BCUT2D eigenvalue weighted by Crippen LogP contribution is -2.61. The number of aliphatic hydroxyl groups excluding tert-OH is 1. The molecule has 8 atom stereocenters. The summed E-state index contributed by atoms with van der Waals surface area (Å²) in [5.74, 6) is 0.641. The first-order valence-electron chi connectivity index (χ1n) is 15.4. The summed E-state index contributed by atoms with van der Waals surface area (Å²) in [6.07, 6.45) is 9.20. The molecule has 0 aromatic rings. The highest BCUT2D eigenvalue weighted by Gasteiger charge is 2.52. The van der Waals surface area contributed by atoms with Crippen molar-refractivity contribution in [3.63, 3.8) is 0 Å². The van der Waals surface area contributed by atoms with Crippen LogP contribution in [-0.2, 0) is 9.59 Å². The van der Waals surface area contributed by atoms with Crippen molar-refractivity contribution in [2.75, 3.05) is 0 Å². The molecule has 4 aliphatic carbocycles. The Morgan fingerprint density at radius 3 is 1.47 bits per heavy atom. The number of hydrogen-bond acceptors (Lipinski definition) is 3. The Bertz CT molecular complexity index is 867. The minimum absolute atomic E-state index is 0.101. The number of aliphatic hydroxyl groups is 1. The number of rotatable bonds is 6. The third-order valence-electron chi connectivity index (χ3n) is 11.4. The molecule has 2 amide bonds. The molecule has 214 valence electrons. The van der Waals surface area contributed by atoms with E-state index >= 15 is 0 Å². The van der Waals surface area contributed by atoms with E-state index in [1.807, 2.05) is 0 Å². The van der Waals surface area contributed by atoms with Gasteiger partial charge in [0.1, 0.15) is 0 Å². The summed E-state index contributed by atoms with van der Waals surface area (Å²) in [5, 5.41) is 17.5. The molecule has 0 aromatic heterocycles. The first kappa shape index (κ1) is 29.4. The second kappa shape index (κ2) is 11.1. The van der Waals surface area contributed by atoms with Crippen LogP contribution in [0, 0.1) is 46.3 Å². The number of fused-ring (bicyclic) bond motifs is 2. The Labute approximate surface area is 231 Å². The van der Waals surface area contributed by atoms with Crippen LogP contribution in [0.3, 0.4) is 0 Å². The van der Waals surface area contributed by atoms with Crippen molar-refractivity contribution in [3.05, 3.63) is 24.3 Å². The standard InChI is InChI=1S/C33H54N2O3/c1-19(2)23-13-17-32(7)15-9-11-21(5)25(32)27(23)34-30(37)29(36)31(38)35-28-24(20(3)4)14-18-33(8)16-10-12-22(6)26(28)33/h19-20,23-29,36H,5-6,9-18H2,1-4,7-8H3,(H,34,37)(H,35,38). The van der Waals surface area contributed by atoms with Gasteiger partial charge in [0.2, 0.25) is 6.10 Å². The molecule has 0 bridgehead atoms. The molecule has 0 aliphatic heterocycles. The van der Waals surface area contributed by atoms with Crippen molar-refractivity contribution in [1.29, 1.82) is 0 Å². The first-order valence-corrected chi connectivity index (χ1v) is 15.4. The van der Waals surface area contributed by atoms with E-state index in [1.165, 1.54) is 11.1 Å². The highest BCUT2D eigenvalue weighted by atomic mass is 16.3. The van der Waals surface area contributed by atoms with Crippen LogP contribution in [0.15, 0.2) is 24.3 Å². The molecule has 3 N–H and O–H groups in total. The van der Waals surface area contributed by atoms with E-state index in [9.17, 15) is 14.7 Å². The Morgan fingerprint density at radius 2 is 1.13 bits per heavy atom. The molecule has 0 spiro atoms. The number of amides is 2. The number of carbonyl (C=O) groups excluding carboxylic acids is 2. The zero-order valence-electron chi connectivity index (χ0n) is 24.9. The van der Waals surface area contributed by atoms with Gasteiger partial charge in [0.25, 0.3) is 11.8 Å². The topological polar surface area (TPSA) is 78.4 Å². The van der Waals surface area contributed by atoms with Crippen molar-refractivity contribution in [2.24, 2.45) is 46.3 Å². The Kier molecular flexibility index (Phi) is 8.58. The van der Waals surface area contributed by atoms with Crippen molar-refractivity contribution in [2.45, 2.75) is 124 Å². The minimum atomic E-state index is -1.72. The zero-order valence-corrected chi connectivity index (χ0v) is 24.9. The van der Waals surface area contributed by atoms with Gasteiger partial charge in [-0.15, -0.1) is 0 Å². The Morgan fingerprint density at radius 1 is 0.763 bits per heavy atom. The Hall–Kier alpha value is -1.62. The fourth-order valence-electron chi connectivity index (χ4n) is 9.31. The van der Waals surface area contributed by atoms with Crippen LogP contribution in [0.1, 0.15) is 106 Å². The molecular formula is C33H54N2O3. The zero-order chi connectivity index (χ0) is 28.0. The summed E-state index contributed by atoms with van der Waals surface area (Å²) < 4.78 is 0. The van der Waals surface area contributed by atoms with E-state index in [-0.39, 0.29) is 34.7 Å². The molecule has 0 aromatic carbocycles. The van der Waals surface area contributed by atoms with Gasteiger partial charge in [-0.2, -0.15) is 0 Å². The summed E-state index contributed by atoms with van der Waals surface area (Å²) in [6.45, 7) is 22.4. The van der Waals surface area contributed by atoms with Crippen molar-refractivity contribution in [3.8, 4) is 0 Å². The lowest BCUT2D eigenvalue weighted by molar-refractivity contribution is -0.144. The predicted octanol–water partition coefficient (Wildman–Crippen LogP) is 6.17. The second-order valence-corrected chi connectivity index (χ2v) is 14.7. The van der Waals surface area contributed by atoms with Crippen LogP contribution in [0.4, 0.5) is 0 Å². The lowest BCUT2D eigenvalue weighted by Gasteiger charge is -2.54. The average Bonchev–Trinajstić information content (AvgIpc) is 2.82. The molecule has 8 unspecified atom stereocenters. The quantitative estimate of drug-likeness (QED) is 0.286. The fourth-order valence-corrected chi connectivity index (χ4v) is 9.31. The molecule has 4 saturated carbocycles. The van der Waals surface area contributed by atoms with Gasteiger partial charge in [0.05, 0.1) is 0 Å². The molecule has 0 heterocycles. The van der Waals surface area contributed by atoms with E-state index in [1.54, 1.807) is 0 Å². The van der Waals surface area contributed by atoms with Crippen LogP contribution >= 0.6 is 0 Å². The maximum atomic E-state index is 13.5. The van der Waals surface area contributed by atoms with Gasteiger partial charge in [-0.3, -0.25) is 9.59 Å². The van der Waals surface area contributed by atoms with E-state index in [2.05, 4.69) is 65.3 Å². The van der Waals surface area contributed by atoms with Crippen molar-refractivity contribution >= 4 is 11.8 Å². The van der Waals surface area contributed by atoms with Crippen LogP contribution in [0.2, 0.25) is 0 Å². The fraction of sp³-hybridized carbons (Fsp3) is 0.818. The van der Waals surface area contributed by atoms with Gasteiger partial charge in [-0.05, 0) is 98.7 Å². The van der Waals surface area contributed by atoms with Crippen LogP contribution in [0.5, 0.6) is 0 Å². The SMILES string of the molecule is C=C1CCCC2(C)CCC(C(C)C)C(NC(=O)C(O)C(=O)NC3C(C(C)C)CCC4(C)CCCC(=C)C34)C12. The molecule has 4 fully saturated rings. The number of hydrogen-bond donors (Lipinski definition) is 3. The molecule has 5 nitrogen and oxygen atoms in total. The van der Waals surface area contributed by atoms with Gasteiger partial charge in [0.15, 0.2) is 0 Å². The third-order valence-corrected chi connectivity index (χ3v) is 11.4. The third kappa shape index (κ3) is 5.38. The first-order chi connectivity index (χ1) is 17.8.